The normalized spacial score (nSPS) is 14.6. The Hall–Kier alpha value is -0.220. The highest BCUT2D eigenvalue weighted by Gasteiger charge is 2.15. The predicted molar refractivity (Wildman–Crippen MR) is 81.8 cm³/mol. The molecule has 0 heterocycles. The van der Waals surface area contributed by atoms with Crippen molar-refractivity contribution in [3.63, 3.8) is 0 Å². The molecular formula is C14H30N2OS. The molecule has 0 bridgehead atoms. The third-order valence-corrected chi connectivity index (χ3v) is 3.85. The summed E-state index contributed by atoms with van der Waals surface area (Å²) in [7, 11) is 0. The maximum atomic E-state index is 11.9. The van der Waals surface area contributed by atoms with Crippen molar-refractivity contribution in [1.29, 1.82) is 0 Å². The van der Waals surface area contributed by atoms with Crippen LogP contribution in [0.3, 0.4) is 0 Å². The molecule has 0 spiro atoms. The second-order valence-electron chi connectivity index (χ2n) is 5.39. The lowest BCUT2D eigenvalue weighted by Crippen LogP contribution is -2.35. The van der Waals surface area contributed by atoms with Gasteiger partial charge in [-0.25, -0.2) is 0 Å². The summed E-state index contributed by atoms with van der Waals surface area (Å²) in [6, 6.07) is 0.272. The first-order chi connectivity index (χ1) is 8.49. The van der Waals surface area contributed by atoms with Gasteiger partial charge < -0.3 is 11.1 Å². The first-order valence-electron chi connectivity index (χ1n) is 7.06. The lowest BCUT2D eigenvalue weighted by Gasteiger charge is -2.19. The van der Waals surface area contributed by atoms with Gasteiger partial charge in [0.05, 0.1) is 0 Å². The average Bonchev–Trinajstić information content (AvgIpc) is 2.27. The number of rotatable bonds is 10. The molecule has 0 saturated carbocycles. The van der Waals surface area contributed by atoms with E-state index in [9.17, 15) is 4.79 Å². The van der Waals surface area contributed by atoms with Crippen LogP contribution in [0.25, 0.3) is 0 Å². The lowest BCUT2D eigenvalue weighted by atomic mass is 9.94. The molecule has 108 valence electrons. The molecule has 2 atom stereocenters. The van der Waals surface area contributed by atoms with Gasteiger partial charge in [-0.1, -0.05) is 20.8 Å². The van der Waals surface area contributed by atoms with Crippen molar-refractivity contribution in [1.82, 2.24) is 5.32 Å². The SMILES string of the molecule is CCSCCC(C)NC(=O)C[C@@H](CN)CC(C)C. The summed E-state index contributed by atoms with van der Waals surface area (Å²) < 4.78 is 0. The molecule has 0 aromatic carbocycles. The van der Waals surface area contributed by atoms with Crippen LogP contribution in [0.4, 0.5) is 0 Å². The fraction of sp³-hybridized carbons (Fsp3) is 0.929. The minimum Gasteiger partial charge on any atom is -0.354 e. The van der Waals surface area contributed by atoms with Gasteiger partial charge in [0.25, 0.3) is 0 Å². The first-order valence-corrected chi connectivity index (χ1v) is 8.22. The van der Waals surface area contributed by atoms with E-state index in [0.29, 0.717) is 24.8 Å². The standard InChI is InChI=1S/C14H30N2OS/c1-5-18-7-6-12(4)16-14(17)9-13(10-15)8-11(2)3/h11-13H,5-10,15H2,1-4H3,(H,16,17)/t12?,13-/m0/s1. The van der Waals surface area contributed by atoms with Gasteiger partial charge in [-0.3, -0.25) is 4.79 Å². The number of carbonyl (C=O) groups excluding carboxylic acids is 1. The van der Waals surface area contributed by atoms with Gasteiger partial charge in [0, 0.05) is 12.5 Å². The van der Waals surface area contributed by atoms with E-state index in [-0.39, 0.29) is 11.9 Å². The van der Waals surface area contributed by atoms with E-state index in [2.05, 4.69) is 33.0 Å². The molecule has 0 aliphatic carbocycles. The molecule has 0 aromatic rings. The topological polar surface area (TPSA) is 55.1 Å². The largest absolute Gasteiger partial charge is 0.354 e. The second-order valence-corrected chi connectivity index (χ2v) is 6.78. The Labute approximate surface area is 117 Å². The average molecular weight is 274 g/mol. The van der Waals surface area contributed by atoms with Crippen molar-refractivity contribution in [3.05, 3.63) is 0 Å². The zero-order chi connectivity index (χ0) is 14.0. The molecule has 0 saturated heterocycles. The van der Waals surface area contributed by atoms with Gasteiger partial charge >= 0.3 is 0 Å². The zero-order valence-electron chi connectivity index (χ0n) is 12.4. The maximum Gasteiger partial charge on any atom is 0.220 e. The van der Waals surface area contributed by atoms with Crippen LogP contribution in [-0.2, 0) is 4.79 Å². The summed E-state index contributed by atoms with van der Waals surface area (Å²) in [6.45, 7) is 9.18. The predicted octanol–water partition coefficient (Wildman–Crippen LogP) is 2.65. The molecule has 0 aliphatic heterocycles. The Morgan fingerprint density at radius 2 is 2.00 bits per heavy atom. The van der Waals surface area contributed by atoms with E-state index in [1.165, 1.54) is 0 Å². The lowest BCUT2D eigenvalue weighted by molar-refractivity contribution is -0.122. The maximum absolute atomic E-state index is 11.9. The molecular weight excluding hydrogens is 244 g/mol. The third kappa shape index (κ3) is 9.77. The Morgan fingerprint density at radius 3 is 2.50 bits per heavy atom. The summed E-state index contributed by atoms with van der Waals surface area (Å²) in [4.78, 5) is 11.9. The smallest absolute Gasteiger partial charge is 0.220 e. The molecule has 0 radical (unpaired) electrons. The Kier molecular flexibility index (Phi) is 10.5. The minimum absolute atomic E-state index is 0.153. The summed E-state index contributed by atoms with van der Waals surface area (Å²) in [5, 5.41) is 3.07. The van der Waals surface area contributed by atoms with Gasteiger partial charge in [0.2, 0.25) is 5.91 Å². The van der Waals surface area contributed by atoms with Crippen molar-refractivity contribution >= 4 is 17.7 Å². The summed E-state index contributed by atoms with van der Waals surface area (Å²) in [6.07, 6.45) is 2.64. The van der Waals surface area contributed by atoms with Crippen LogP contribution in [-0.4, -0.2) is 30.0 Å². The molecule has 4 heteroatoms. The van der Waals surface area contributed by atoms with Crippen LogP contribution >= 0.6 is 11.8 Å². The van der Waals surface area contributed by atoms with E-state index >= 15 is 0 Å². The summed E-state index contributed by atoms with van der Waals surface area (Å²) in [5.41, 5.74) is 5.72. The molecule has 0 aliphatic rings. The first kappa shape index (κ1) is 17.8. The number of hydrogen-bond donors (Lipinski definition) is 2. The quantitative estimate of drug-likeness (QED) is 0.602. The number of nitrogens with one attached hydrogen (secondary N) is 1. The number of hydrogen-bond acceptors (Lipinski definition) is 3. The van der Waals surface area contributed by atoms with E-state index in [4.69, 9.17) is 5.73 Å². The van der Waals surface area contributed by atoms with E-state index in [1.807, 2.05) is 11.8 Å². The van der Waals surface area contributed by atoms with E-state index < -0.39 is 0 Å². The zero-order valence-corrected chi connectivity index (χ0v) is 13.2. The van der Waals surface area contributed by atoms with Gasteiger partial charge in [0.15, 0.2) is 0 Å². The number of thioether (sulfide) groups is 1. The minimum atomic E-state index is 0.153. The van der Waals surface area contributed by atoms with Gasteiger partial charge in [0.1, 0.15) is 0 Å². The van der Waals surface area contributed by atoms with Crippen molar-refractivity contribution in [2.45, 2.75) is 53.0 Å². The monoisotopic (exact) mass is 274 g/mol. The van der Waals surface area contributed by atoms with Gasteiger partial charge in [-0.05, 0) is 49.7 Å². The Morgan fingerprint density at radius 1 is 1.33 bits per heavy atom. The third-order valence-electron chi connectivity index (χ3n) is 2.92. The van der Waals surface area contributed by atoms with E-state index in [1.54, 1.807) is 0 Å². The highest BCUT2D eigenvalue weighted by atomic mass is 32.2. The van der Waals surface area contributed by atoms with Crippen LogP contribution in [0, 0.1) is 11.8 Å². The number of nitrogens with two attached hydrogens (primary N) is 1. The summed E-state index contributed by atoms with van der Waals surface area (Å²) >= 11 is 1.92. The second kappa shape index (κ2) is 10.7. The van der Waals surface area contributed by atoms with Crippen LogP contribution in [0.1, 0.15) is 47.0 Å². The van der Waals surface area contributed by atoms with Gasteiger partial charge in [-0.15, -0.1) is 0 Å². The Bertz CT molecular complexity index is 222. The highest BCUT2D eigenvalue weighted by Crippen LogP contribution is 2.14. The van der Waals surface area contributed by atoms with Gasteiger partial charge in [-0.2, -0.15) is 11.8 Å². The molecule has 0 aromatic heterocycles. The Balaban J connectivity index is 3.85. The highest BCUT2D eigenvalue weighted by molar-refractivity contribution is 7.99. The molecule has 1 unspecified atom stereocenters. The van der Waals surface area contributed by atoms with E-state index in [0.717, 1.165) is 24.3 Å². The van der Waals surface area contributed by atoms with Crippen LogP contribution in [0.5, 0.6) is 0 Å². The number of carbonyl (C=O) groups is 1. The number of amides is 1. The van der Waals surface area contributed by atoms with Crippen molar-refractivity contribution in [2.75, 3.05) is 18.1 Å². The van der Waals surface area contributed by atoms with Crippen molar-refractivity contribution in [3.8, 4) is 0 Å². The fourth-order valence-corrected chi connectivity index (χ4v) is 2.81. The fourth-order valence-electron chi connectivity index (χ4n) is 2.00. The molecule has 0 rings (SSSR count). The molecule has 18 heavy (non-hydrogen) atoms. The van der Waals surface area contributed by atoms with Crippen molar-refractivity contribution in [2.24, 2.45) is 17.6 Å². The molecule has 1 amide bonds. The molecule has 3 N–H and O–H groups in total. The summed E-state index contributed by atoms with van der Waals surface area (Å²) in [5.74, 6) is 3.33. The molecule has 0 fully saturated rings. The molecule has 3 nitrogen and oxygen atoms in total. The van der Waals surface area contributed by atoms with Crippen LogP contribution in [0.15, 0.2) is 0 Å². The van der Waals surface area contributed by atoms with Crippen LogP contribution < -0.4 is 11.1 Å². The van der Waals surface area contributed by atoms with Crippen LogP contribution in [0.2, 0.25) is 0 Å². The van der Waals surface area contributed by atoms with Crippen molar-refractivity contribution < 1.29 is 4.79 Å².